The molecule has 3 rings (SSSR count). The smallest absolute Gasteiger partial charge is 0.279 e. The minimum absolute atomic E-state index is 0.256. The maximum Gasteiger partial charge on any atom is 0.296 e. The van der Waals surface area contributed by atoms with Gasteiger partial charge in [-0.25, -0.2) is 0 Å². The van der Waals surface area contributed by atoms with E-state index in [0.29, 0.717) is 35.3 Å². The summed E-state index contributed by atoms with van der Waals surface area (Å²) in [4.78, 5) is 28.7. The van der Waals surface area contributed by atoms with Gasteiger partial charge in [0.2, 0.25) is 22.2 Å². The van der Waals surface area contributed by atoms with Crippen molar-refractivity contribution < 1.29 is 0 Å². The molecule has 0 N–H and O–H groups in total. The predicted molar refractivity (Wildman–Crippen MR) is 116 cm³/mol. The highest BCUT2D eigenvalue weighted by molar-refractivity contribution is 7.98. The lowest BCUT2D eigenvalue weighted by molar-refractivity contribution is 0.369. The van der Waals surface area contributed by atoms with Crippen LogP contribution in [-0.4, -0.2) is 77.1 Å². The second-order valence-corrected chi connectivity index (χ2v) is 7.61. The van der Waals surface area contributed by atoms with Crippen LogP contribution in [-0.2, 0) is 0 Å². The highest BCUT2D eigenvalue weighted by atomic mass is 32.2. The third-order valence-electron chi connectivity index (χ3n) is 4.28. The summed E-state index contributed by atoms with van der Waals surface area (Å²) in [6.07, 6.45) is 3.60. The Balaban J connectivity index is 2.13. The second-order valence-electron chi connectivity index (χ2n) is 6.07. The number of hydrogen-bond acceptors (Lipinski definition) is 10. The van der Waals surface area contributed by atoms with Gasteiger partial charge in [0.05, 0.1) is 0 Å². The Kier molecular flexibility index (Phi) is 6.55. The summed E-state index contributed by atoms with van der Waals surface area (Å²) < 4.78 is 2.48. The summed E-state index contributed by atoms with van der Waals surface area (Å²) in [5.41, 5.74) is -0.166. The zero-order valence-electron chi connectivity index (χ0n) is 17.5. The third kappa shape index (κ3) is 3.71. The van der Waals surface area contributed by atoms with E-state index in [1.165, 1.54) is 32.9 Å². The summed E-state index contributed by atoms with van der Waals surface area (Å²) in [5.74, 6) is 1.06. The number of thioether (sulfide) groups is 2. The molecule has 0 aliphatic carbocycles. The fourth-order valence-electron chi connectivity index (χ4n) is 2.70. The van der Waals surface area contributed by atoms with Gasteiger partial charge in [0.1, 0.15) is 11.4 Å². The number of nitrogens with zero attached hydrogens (tertiary/aromatic N) is 10. The van der Waals surface area contributed by atoms with Crippen LogP contribution in [0.25, 0.3) is 0 Å². The van der Waals surface area contributed by atoms with Gasteiger partial charge < -0.3 is 0 Å². The van der Waals surface area contributed by atoms with Crippen molar-refractivity contribution in [1.82, 2.24) is 39.5 Å². The van der Waals surface area contributed by atoms with Crippen molar-refractivity contribution in [3.8, 4) is 0 Å². The Morgan fingerprint density at radius 1 is 0.733 bits per heavy atom. The molecule has 1 aliphatic heterocycles. The molecule has 3 heterocycles. The van der Waals surface area contributed by atoms with E-state index in [9.17, 15) is 9.59 Å². The van der Waals surface area contributed by atoms with Crippen LogP contribution >= 0.6 is 23.5 Å². The molecule has 1 aliphatic rings. The summed E-state index contributed by atoms with van der Waals surface area (Å²) in [5, 5.41) is 25.6. The quantitative estimate of drug-likeness (QED) is 0.565. The van der Waals surface area contributed by atoms with E-state index in [2.05, 4.69) is 30.6 Å². The zero-order valence-corrected chi connectivity index (χ0v) is 19.2. The number of hydrogen-bond donors (Lipinski definition) is 0. The van der Waals surface area contributed by atoms with Gasteiger partial charge in [0.25, 0.3) is 11.1 Å². The van der Waals surface area contributed by atoms with E-state index >= 15 is 0 Å². The van der Waals surface area contributed by atoms with Crippen LogP contribution in [0.15, 0.2) is 30.1 Å². The first-order valence-electron chi connectivity index (χ1n) is 9.11. The summed E-state index contributed by atoms with van der Waals surface area (Å²) in [7, 11) is 0. The van der Waals surface area contributed by atoms with E-state index in [4.69, 9.17) is 0 Å². The van der Waals surface area contributed by atoms with Crippen molar-refractivity contribution in [2.75, 3.05) is 25.6 Å². The number of guanidine groups is 2. The highest BCUT2D eigenvalue weighted by Crippen LogP contribution is 2.19. The van der Waals surface area contributed by atoms with Crippen LogP contribution in [0.5, 0.6) is 0 Å². The molecule has 0 bridgehead atoms. The van der Waals surface area contributed by atoms with Gasteiger partial charge >= 0.3 is 0 Å². The average Bonchev–Trinajstić information content (AvgIpc) is 2.73. The molecule has 2 aromatic rings. The lowest BCUT2D eigenvalue weighted by Crippen LogP contribution is -2.66. The molecule has 0 saturated carbocycles. The number of aromatic nitrogens is 6. The molecule has 12 nitrogen and oxygen atoms in total. The van der Waals surface area contributed by atoms with E-state index < -0.39 is 0 Å². The van der Waals surface area contributed by atoms with Gasteiger partial charge in [-0.2, -0.15) is 9.35 Å². The van der Waals surface area contributed by atoms with Crippen LogP contribution in [0.4, 0.5) is 0 Å². The summed E-state index contributed by atoms with van der Waals surface area (Å²) >= 11 is 2.55. The van der Waals surface area contributed by atoms with Crippen molar-refractivity contribution in [2.24, 2.45) is 10.2 Å². The minimum atomic E-state index is -0.339. The van der Waals surface area contributed by atoms with Crippen LogP contribution in [0.2, 0.25) is 0 Å². The molecule has 2 aromatic heterocycles. The van der Waals surface area contributed by atoms with Crippen molar-refractivity contribution in [3.63, 3.8) is 0 Å². The van der Waals surface area contributed by atoms with Crippen molar-refractivity contribution in [1.29, 1.82) is 0 Å². The van der Waals surface area contributed by atoms with E-state index in [1.807, 2.05) is 23.6 Å². The molecule has 160 valence electrons. The monoisotopic (exact) mass is 450 g/mol. The Bertz CT molecular complexity index is 1040. The van der Waals surface area contributed by atoms with Crippen LogP contribution in [0.1, 0.15) is 25.2 Å². The van der Waals surface area contributed by atoms with E-state index in [0.717, 1.165) is 0 Å². The molecule has 30 heavy (non-hydrogen) atoms. The molecular weight excluding hydrogens is 428 g/mol. The van der Waals surface area contributed by atoms with Crippen molar-refractivity contribution in [2.45, 2.75) is 38.0 Å². The maximum absolute atomic E-state index is 12.6. The molecule has 0 spiro atoms. The lowest BCUT2D eigenvalue weighted by atomic mass is 10.4. The Labute approximate surface area is 181 Å². The fourth-order valence-corrected chi connectivity index (χ4v) is 3.54. The van der Waals surface area contributed by atoms with Gasteiger partial charge in [-0.15, -0.1) is 30.6 Å². The summed E-state index contributed by atoms with van der Waals surface area (Å²) in [6.45, 7) is 8.12. The normalized spacial score (nSPS) is 13.5. The molecule has 0 amide bonds. The van der Waals surface area contributed by atoms with Gasteiger partial charge in [-0.1, -0.05) is 23.5 Å². The molecule has 0 unspecified atom stereocenters. The Hall–Kier alpha value is -2.74. The summed E-state index contributed by atoms with van der Waals surface area (Å²) in [6, 6.07) is 0. The lowest BCUT2D eigenvalue weighted by Gasteiger charge is -2.44. The minimum Gasteiger partial charge on any atom is -0.279 e. The molecule has 1 saturated heterocycles. The standard InChI is InChI=1S/C16H22N10O2S2/c1-7-23-13(21-25-11(27)9(3)17-19-15(25)29-5)24(8-2)14(23)22-26-12(28)10(4)18-20-16(26)30-6/h7-8H2,1-6H3. The maximum atomic E-state index is 12.6. The molecule has 14 heteroatoms. The topological polar surface area (TPSA) is 127 Å². The molecular formula is C16H22N10O2S2. The van der Waals surface area contributed by atoms with Gasteiger partial charge in [0, 0.05) is 13.1 Å². The second kappa shape index (κ2) is 8.95. The third-order valence-corrected chi connectivity index (χ3v) is 5.52. The van der Waals surface area contributed by atoms with E-state index in [-0.39, 0.29) is 22.5 Å². The fraction of sp³-hybridized carbons (Fsp3) is 0.500. The largest absolute Gasteiger partial charge is 0.296 e. The number of aryl methyl sites for hydroxylation is 2. The van der Waals surface area contributed by atoms with Crippen LogP contribution in [0, 0.1) is 13.8 Å². The molecule has 0 radical (unpaired) electrons. The first-order valence-corrected chi connectivity index (χ1v) is 11.6. The SMILES string of the molecule is CCN1C(=Nn2c(SC)nnc(C)c2=O)N(CC)C1=Nn1c(SC)nnc(C)c1=O. The molecule has 0 atom stereocenters. The predicted octanol–water partition coefficient (Wildman–Crippen LogP) is 0.246. The zero-order chi connectivity index (χ0) is 22.0. The Morgan fingerprint density at radius 3 is 1.40 bits per heavy atom. The van der Waals surface area contributed by atoms with Gasteiger partial charge in [-0.3, -0.25) is 19.4 Å². The first-order chi connectivity index (χ1) is 14.4. The van der Waals surface area contributed by atoms with Crippen molar-refractivity contribution in [3.05, 3.63) is 32.1 Å². The van der Waals surface area contributed by atoms with Gasteiger partial charge in [-0.05, 0) is 40.2 Å². The molecule has 0 aromatic carbocycles. The average molecular weight is 451 g/mol. The highest BCUT2D eigenvalue weighted by Gasteiger charge is 2.38. The van der Waals surface area contributed by atoms with Crippen LogP contribution < -0.4 is 11.1 Å². The number of rotatable bonds is 6. The van der Waals surface area contributed by atoms with E-state index in [1.54, 1.807) is 26.4 Å². The van der Waals surface area contributed by atoms with Crippen molar-refractivity contribution >= 4 is 35.4 Å². The Morgan fingerprint density at radius 2 is 1.10 bits per heavy atom. The van der Waals surface area contributed by atoms with Crippen LogP contribution in [0.3, 0.4) is 0 Å². The molecule has 1 fully saturated rings. The van der Waals surface area contributed by atoms with Gasteiger partial charge in [0.15, 0.2) is 0 Å². The first kappa shape index (κ1) is 22.0.